The van der Waals surface area contributed by atoms with Crippen molar-refractivity contribution < 1.29 is 8.78 Å². The number of nitriles is 1. The first-order valence-electron chi connectivity index (χ1n) is 7.20. The summed E-state index contributed by atoms with van der Waals surface area (Å²) in [4.78, 5) is 8.34. The Balaban J connectivity index is 2.17. The first kappa shape index (κ1) is 15.6. The van der Waals surface area contributed by atoms with Gasteiger partial charge in [0.25, 0.3) is 6.43 Å². The third-order valence-corrected chi connectivity index (χ3v) is 3.88. The van der Waals surface area contributed by atoms with E-state index in [2.05, 4.69) is 11.1 Å². The molecule has 0 aliphatic carbocycles. The molecular weight excluding hydrogens is 274 g/mol. The Morgan fingerprint density at radius 2 is 2.19 bits per heavy atom. The zero-order valence-electron chi connectivity index (χ0n) is 12.4. The molecule has 0 N–H and O–H groups in total. The molecule has 0 unspecified atom stereocenters. The van der Waals surface area contributed by atoms with Crippen molar-refractivity contribution >= 4 is 5.82 Å². The summed E-state index contributed by atoms with van der Waals surface area (Å²) in [5.74, 6) is 0.674. The highest BCUT2D eigenvalue weighted by Crippen LogP contribution is 2.23. The number of aryl methyl sites for hydroxylation is 1. The molecule has 1 atom stereocenters. The maximum atomic E-state index is 12.6. The van der Waals surface area contributed by atoms with Gasteiger partial charge in [-0.15, -0.1) is 0 Å². The molecule has 1 aliphatic rings. The van der Waals surface area contributed by atoms with Crippen LogP contribution in [0.5, 0.6) is 0 Å². The van der Waals surface area contributed by atoms with Crippen LogP contribution < -0.4 is 4.90 Å². The van der Waals surface area contributed by atoms with Gasteiger partial charge in [0.2, 0.25) is 0 Å². The highest BCUT2D eigenvalue weighted by molar-refractivity contribution is 5.54. The first-order chi connectivity index (χ1) is 10.0. The molecule has 2 rings (SSSR count). The Labute approximate surface area is 124 Å². The number of aromatic nitrogens is 1. The summed E-state index contributed by atoms with van der Waals surface area (Å²) < 4.78 is 25.2. The van der Waals surface area contributed by atoms with E-state index >= 15 is 0 Å². The van der Waals surface area contributed by atoms with Crippen LogP contribution in [0.3, 0.4) is 0 Å². The molecule has 21 heavy (non-hydrogen) atoms. The summed E-state index contributed by atoms with van der Waals surface area (Å²) in [6.45, 7) is 5.53. The van der Waals surface area contributed by atoms with E-state index in [4.69, 9.17) is 0 Å². The van der Waals surface area contributed by atoms with Gasteiger partial charge in [0, 0.05) is 31.4 Å². The molecule has 0 radical (unpaired) electrons. The fraction of sp³-hybridized carbons (Fsp3) is 0.600. The Hall–Kier alpha value is -1.74. The molecule has 0 saturated carbocycles. The Kier molecular flexibility index (Phi) is 5.07. The van der Waals surface area contributed by atoms with Gasteiger partial charge >= 0.3 is 0 Å². The third-order valence-electron chi connectivity index (χ3n) is 3.88. The second-order valence-corrected chi connectivity index (χ2v) is 5.33. The van der Waals surface area contributed by atoms with Crippen LogP contribution in [0, 0.1) is 18.3 Å². The number of nitrogens with zero attached hydrogens (tertiary/aromatic N) is 4. The number of halogens is 2. The molecule has 6 heteroatoms. The van der Waals surface area contributed by atoms with Crippen LogP contribution in [-0.4, -0.2) is 48.5 Å². The maximum absolute atomic E-state index is 12.6. The average molecular weight is 294 g/mol. The number of piperazine rings is 1. The van der Waals surface area contributed by atoms with E-state index in [1.165, 1.54) is 0 Å². The van der Waals surface area contributed by atoms with Crippen molar-refractivity contribution in [3.63, 3.8) is 0 Å². The van der Waals surface area contributed by atoms with E-state index in [-0.39, 0.29) is 12.6 Å². The minimum atomic E-state index is -2.31. The van der Waals surface area contributed by atoms with Crippen LogP contribution in [0.15, 0.2) is 12.1 Å². The fourth-order valence-corrected chi connectivity index (χ4v) is 2.76. The lowest BCUT2D eigenvalue weighted by atomic mass is 10.1. The lowest BCUT2D eigenvalue weighted by Gasteiger charge is -2.41. The quantitative estimate of drug-likeness (QED) is 0.855. The zero-order valence-corrected chi connectivity index (χ0v) is 12.4. The van der Waals surface area contributed by atoms with Crippen LogP contribution in [0.4, 0.5) is 14.6 Å². The van der Waals surface area contributed by atoms with Crippen LogP contribution in [0.2, 0.25) is 0 Å². The Bertz CT molecular complexity index is 527. The van der Waals surface area contributed by atoms with Crippen molar-refractivity contribution in [2.45, 2.75) is 32.7 Å². The van der Waals surface area contributed by atoms with Crippen molar-refractivity contribution in [2.75, 3.05) is 31.1 Å². The number of hydrogen-bond donors (Lipinski definition) is 0. The van der Waals surface area contributed by atoms with Crippen LogP contribution in [0.25, 0.3) is 0 Å². The summed E-state index contributed by atoms with van der Waals surface area (Å²) >= 11 is 0. The summed E-state index contributed by atoms with van der Waals surface area (Å²) in [5, 5.41) is 9.21. The molecular formula is C15H20F2N4. The summed E-state index contributed by atoms with van der Waals surface area (Å²) in [6.07, 6.45) is -1.51. The monoisotopic (exact) mass is 294 g/mol. The number of pyridine rings is 1. The molecule has 0 amide bonds. The standard InChI is InChI=1S/C15H20F2N4/c1-3-13-9-21(7-6-20(13)10-14(16)17)15-12(8-18)5-4-11(2)19-15/h4-5,13-14H,3,6-7,9-10H2,1-2H3/t13-/m0/s1. The fourth-order valence-electron chi connectivity index (χ4n) is 2.76. The molecule has 1 fully saturated rings. The lowest BCUT2D eigenvalue weighted by molar-refractivity contribution is 0.0586. The molecule has 4 nitrogen and oxygen atoms in total. The molecule has 0 spiro atoms. The van der Waals surface area contributed by atoms with Gasteiger partial charge in [0.1, 0.15) is 11.9 Å². The molecule has 1 aromatic heterocycles. The third kappa shape index (κ3) is 3.67. The van der Waals surface area contributed by atoms with E-state index in [1.54, 1.807) is 6.07 Å². The molecule has 0 bridgehead atoms. The minimum absolute atomic E-state index is 0.0709. The van der Waals surface area contributed by atoms with Crippen molar-refractivity contribution in [3.8, 4) is 6.07 Å². The van der Waals surface area contributed by atoms with E-state index < -0.39 is 6.43 Å². The van der Waals surface area contributed by atoms with E-state index in [0.717, 1.165) is 12.1 Å². The normalized spacial score (nSPS) is 19.8. The number of hydrogen-bond acceptors (Lipinski definition) is 4. The highest BCUT2D eigenvalue weighted by atomic mass is 19.3. The molecule has 1 aliphatic heterocycles. The smallest absolute Gasteiger partial charge is 0.251 e. The van der Waals surface area contributed by atoms with Gasteiger partial charge < -0.3 is 4.90 Å². The number of alkyl halides is 2. The number of rotatable bonds is 4. The molecule has 1 saturated heterocycles. The van der Waals surface area contributed by atoms with Gasteiger partial charge in [-0.05, 0) is 25.5 Å². The largest absolute Gasteiger partial charge is 0.353 e. The Morgan fingerprint density at radius 3 is 2.81 bits per heavy atom. The van der Waals surface area contributed by atoms with Gasteiger partial charge in [-0.3, -0.25) is 4.90 Å². The van der Waals surface area contributed by atoms with E-state index in [1.807, 2.05) is 29.7 Å². The maximum Gasteiger partial charge on any atom is 0.251 e. The van der Waals surface area contributed by atoms with Gasteiger partial charge in [-0.1, -0.05) is 6.92 Å². The van der Waals surface area contributed by atoms with E-state index in [9.17, 15) is 14.0 Å². The summed E-state index contributed by atoms with van der Waals surface area (Å²) in [6, 6.07) is 5.81. The lowest BCUT2D eigenvalue weighted by Crippen LogP contribution is -2.54. The molecule has 2 heterocycles. The predicted molar refractivity (Wildman–Crippen MR) is 77.6 cm³/mol. The molecule has 0 aromatic carbocycles. The summed E-state index contributed by atoms with van der Waals surface area (Å²) in [7, 11) is 0. The van der Waals surface area contributed by atoms with Crippen molar-refractivity contribution in [2.24, 2.45) is 0 Å². The van der Waals surface area contributed by atoms with Gasteiger partial charge in [0.15, 0.2) is 0 Å². The van der Waals surface area contributed by atoms with Crippen LogP contribution in [0.1, 0.15) is 24.6 Å². The minimum Gasteiger partial charge on any atom is -0.353 e. The van der Waals surface area contributed by atoms with E-state index in [0.29, 0.717) is 31.0 Å². The van der Waals surface area contributed by atoms with Crippen molar-refractivity contribution in [1.82, 2.24) is 9.88 Å². The molecule has 114 valence electrons. The van der Waals surface area contributed by atoms with Crippen LogP contribution in [-0.2, 0) is 0 Å². The zero-order chi connectivity index (χ0) is 15.4. The van der Waals surface area contributed by atoms with Gasteiger partial charge in [0.05, 0.1) is 12.1 Å². The average Bonchev–Trinajstić information content (AvgIpc) is 2.47. The Morgan fingerprint density at radius 1 is 1.43 bits per heavy atom. The van der Waals surface area contributed by atoms with Gasteiger partial charge in [-0.2, -0.15) is 5.26 Å². The second-order valence-electron chi connectivity index (χ2n) is 5.33. The summed E-state index contributed by atoms with van der Waals surface area (Å²) in [5.41, 5.74) is 1.39. The predicted octanol–water partition coefficient (Wildman–Crippen LogP) is 2.43. The van der Waals surface area contributed by atoms with Crippen molar-refractivity contribution in [3.05, 3.63) is 23.4 Å². The second kappa shape index (κ2) is 6.81. The van der Waals surface area contributed by atoms with Crippen molar-refractivity contribution in [1.29, 1.82) is 5.26 Å². The first-order valence-corrected chi connectivity index (χ1v) is 7.20. The number of anilines is 1. The topological polar surface area (TPSA) is 43.2 Å². The van der Waals surface area contributed by atoms with Gasteiger partial charge in [-0.25, -0.2) is 13.8 Å². The van der Waals surface area contributed by atoms with Crippen LogP contribution >= 0.6 is 0 Å². The molecule has 1 aromatic rings. The highest BCUT2D eigenvalue weighted by Gasteiger charge is 2.29. The SMILES string of the molecule is CC[C@H]1CN(c2nc(C)ccc2C#N)CCN1CC(F)F.